The highest BCUT2D eigenvalue weighted by atomic mass is 35.5. The van der Waals surface area contributed by atoms with Crippen molar-refractivity contribution in [1.29, 1.82) is 0 Å². The van der Waals surface area contributed by atoms with Crippen LogP contribution in [0.3, 0.4) is 0 Å². The summed E-state index contributed by atoms with van der Waals surface area (Å²) in [5.41, 5.74) is 6.12. The zero-order valence-electron chi connectivity index (χ0n) is 65.5. The zero-order chi connectivity index (χ0) is 80.3. The van der Waals surface area contributed by atoms with Crippen LogP contribution in [0, 0.1) is 47.3 Å². The van der Waals surface area contributed by atoms with Gasteiger partial charge in [0.05, 0.1) is 6.10 Å². The van der Waals surface area contributed by atoms with Gasteiger partial charge in [-0.1, -0.05) is 166 Å². The van der Waals surface area contributed by atoms with Crippen LogP contribution >= 0.6 is 11.6 Å². The van der Waals surface area contributed by atoms with E-state index in [2.05, 4.69) is 63.8 Å². The van der Waals surface area contributed by atoms with Crippen LogP contribution in [0.1, 0.15) is 195 Å². The van der Waals surface area contributed by atoms with Crippen LogP contribution in [0.5, 0.6) is 0 Å². The number of allylic oxidation sites excluding steroid dienone is 1. The Morgan fingerprint density at radius 2 is 1.18 bits per heavy atom. The molecule has 0 spiro atoms. The van der Waals surface area contributed by atoms with Crippen LogP contribution in [0.2, 0.25) is 5.02 Å². The van der Waals surface area contributed by atoms with E-state index in [0.29, 0.717) is 30.7 Å². The first-order chi connectivity index (χ1) is 49.7. The molecule has 3 rings (SSSR count). The fraction of sp³-hybridized carbons (Fsp3) is 0.707. The quantitative estimate of drug-likeness (QED) is 0.0355. The largest absolute Gasteiger partial charge is 0.458 e. The fourth-order valence-corrected chi connectivity index (χ4v) is 12.4. The molecule has 1 aromatic rings. The van der Waals surface area contributed by atoms with Gasteiger partial charge in [0.25, 0.3) is 5.91 Å². The Bertz CT molecular complexity index is 3240. The number of nitrogens with one attached hydrogen (secondary N) is 12. The van der Waals surface area contributed by atoms with Gasteiger partial charge in [-0.3, -0.25) is 62.3 Å². The molecule has 0 bridgehead atoms. The summed E-state index contributed by atoms with van der Waals surface area (Å²) < 4.78 is 5.96. The minimum atomic E-state index is -1.84. The maximum Gasteiger partial charge on any atom is 0.329 e. The molecule has 0 unspecified atom stereocenters. The predicted molar refractivity (Wildman–Crippen MR) is 400 cm³/mol. The number of cyclic esters (lactones) is 1. The number of aliphatic hydroxyl groups excluding tert-OH is 1. The molecule has 596 valence electrons. The van der Waals surface area contributed by atoms with Crippen LogP contribution in [-0.2, 0) is 78.3 Å². The first-order valence-electron chi connectivity index (χ1n) is 37.6. The fourth-order valence-electron chi connectivity index (χ4n) is 12.2. The number of benzene rings is 1. The molecule has 2 heterocycles. The minimum absolute atomic E-state index is 0.0569. The van der Waals surface area contributed by atoms with E-state index in [1.165, 1.54) is 31.7 Å². The summed E-state index contributed by atoms with van der Waals surface area (Å²) in [7, 11) is 0. The lowest BCUT2D eigenvalue weighted by Crippen LogP contribution is -2.64. The van der Waals surface area contributed by atoms with Gasteiger partial charge in [-0.05, 0) is 118 Å². The maximum atomic E-state index is 15.1. The van der Waals surface area contributed by atoms with Gasteiger partial charge in [-0.25, -0.2) is 4.79 Å². The van der Waals surface area contributed by atoms with Crippen LogP contribution in [0.15, 0.2) is 36.0 Å². The molecule has 2 aliphatic heterocycles. The molecule has 0 aliphatic carbocycles. The molecule has 15 N–H and O–H groups in total. The molecule has 0 saturated carbocycles. The van der Waals surface area contributed by atoms with Crippen LogP contribution in [0.4, 0.5) is 0 Å². The SMILES string of the molecule is C/C=C1\NC(=O)[C@H](Cc2ccccc2Cl)NC(=O)[C@@H](C(C)C)NC(=O)[C@@H]([C@H](C)CC)NC(=O)[C@H](NC(=O)[C@H](NC(=O)[C@H](CCCN)NC(=O)[C@H]2CCCN2C(=O)[C@H](NC(=O)[C@@H](NC(=O)[C@@H](NC(=O)[C@H](NC(=O)CCCC(C)C)C(C)C)[C@@H](C)O)C(C)C)C(C)C)[C@H](C)CC)[C@H](C)OC(=O)[C@H](C(C)C)NC1=O. The average molecular weight is 1510 g/mol. The van der Waals surface area contributed by atoms with Gasteiger partial charge in [-0.15, -0.1) is 0 Å². The van der Waals surface area contributed by atoms with Crippen molar-refractivity contribution in [3.63, 3.8) is 0 Å². The lowest BCUT2D eigenvalue weighted by molar-refractivity contribution is -0.157. The number of hydrogen-bond acceptors (Lipinski definition) is 17. The van der Waals surface area contributed by atoms with Crippen molar-refractivity contribution in [3.8, 4) is 0 Å². The first-order valence-corrected chi connectivity index (χ1v) is 38.0. The minimum Gasteiger partial charge on any atom is -0.458 e. The lowest BCUT2D eigenvalue weighted by atomic mass is 9.95. The molecule has 0 aromatic heterocycles. The van der Waals surface area contributed by atoms with Gasteiger partial charge in [-0.2, -0.15) is 0 Å². The molecule has 31 heteroatoms. The van der Waals surface area contributed by atoms with E-state index in [9.17, 15) is 62.6 Å². The van der Waals surface area contributed by atoms with E-state index < -0.39 is 203 Å². The van der Waals surface area contributed by atoms with E-state index in [-0.39, 0.29) is 68.2 Å². The summed E-state index contributed by atoms with van der Waals surface area (Å²) in [6.45, 7) is 31.6. The number of hydrogen-bond donors (Lipinski definition) is 14. The Hall–Kier alpha value is -8.25. The summed E-state index contributed by atoms with van der Waals surface area (Å²) in [5.74, 6) is -15.4. The highest BCUT2D eigenvalue weighted by Gasteiger charge is 2.45. The second-order valence-corrected chi connectivity index (χ2v) is 30.7. The average Bonchev–Trinajstić information content (AvgIpc) is 1.69. The zero-order valence-corrected chi connectivity index (χ0v) is 66.3. The predicted octanol–water partition coefficient (Wildman–Crippen LogP) is 2.49. The molecular formula is C75H123ClN14O16. The lowest BCUT2D eigenvalue weighted by Gasteiger charge is -2.33. The Morgan fingerprint density at radius 3 is 1.72 bits per heavy atom. The van der Waals surface area contributed by atoms with E-state index in [1.807, 2.05) is 13.8 Å². The Morgan fingerprint density at radius 1 is 0.632 bits per heavy atom. The molecular weight excluding hydrogens is 1390 g/mol. The second kappa shape index (κ2) is 44.1. The van der Waals surface area contributed by atoms with Gasteiger partial charge in [0, 0.05) is 24.4 Å². The van der Waals surface area contributed by atoms with Crippen LogP contribution in [0.25, 0.3) is 0 Å². The van der Waals surface area contributed by atoms with Crippen molar-refractivity contribution >= 4 is 94.4 Å². The van der Waals surface area contributed by atoms with Crippen molar-refractivity contribution in [3.05, 3.63) is 46.6 Å². The number of ether oxygens (including phenoxy) is 1. The molecule has 106 heavy (non-hydrogen) atoms. The number of aliphatic hydroxyl groups is 1. The third kappa shape index (κ3) is 27.5. The number of esters is 1. The third-order valence-corrected chi connectivity index (χ3v) is 19.7. The maximum absolute atomic E-state index is 15.1. The number of carbonyl (C=O) groups excluding carboxylic acids is 14. The number of nitrogens with two attached hydrogens (primary N) is 1. The number of carbonyl (C=O) groups is 14. The molecule has 2 saturated heterocycles. The molecule has 13 amide bonds. The van der Waals surface area contributed by atoms with Crippen molar-refractivity contribution in [2.45, 2.75) is 280 Å². The van der Waals surface area contributed by atoms with E-state index in [1.54, 1.807) is 121 Å². The van der Waals surface area contributed by atoms with Crippen LogP contribution < -0.4 is 69.5 Å². The summed E-state index contributed by atoms with van der Waals surface area (Å²) in [4.78, 5) is 202. The number of amides is 13. The monoisotopic (exact) mass is 1510 g/mol. The third-order valence-electron chi connectivity index (χ3n) is 19.4. The normalized spacial score (nSPS) is 22.5. The number of likely N-dealkylation sites (tertiary alicyclic amines) is 1. The number of nitrogens with zero attached hydrogens (tertiary/aromatic N) is 1. The highest BCUT2D eigenvalue weighted by molar-refractivity contribution is 6.31. The van der Waals surface area contributed by atoms with E-state index >= 15 is 9.59 Å². The number of halogens is 1. The molecule has 16 atom stereocenters. The Labute approximate surface area is 630 Å². The number of rotatable bonds is 33. The first kappa shape index (κ1) is 92.0. The summed E-state index contributed by atoms with van der Waals surface area (Å²) in [6.07, 6.45) is 0.819. The molecule has 2 aliphatic rings. The topological polar surface area (TPSA) is 442 Å². The van der Waals surface area contributed by atoms with Crippen molar-refractivity contribution in [2.75, 3.05) is 13.1 Å². The molecule has 0 radical (unpaired) electrons. The van der Waals surface area contributed by atoms with Crippen molar-refractivity contribution < 1.29 is 77.0 Å². The standard InChI is InChI=1S/C75H123ClN14O16/c1-20-43(16)59(71(101)89-62-46(19)106-75(105)58(42(14)15)85-63(93)49(22-3)78-65(95)51(36-47-29-23-24-30-48(47)76)80-67(97)55(39(8)9)82-70(100)60(44(17)21-2)87-73(62)103)86-64(94)50(31-26-34-77)79-66(96)52-32-27-35-90(52)74(104)57(41(12)13)84-69(99)56(40(10)11)83-72(102)61(45(18)91)88-68(98)54(38(6)7)81-53(92)33-25-28-37(4)5/h22-24,29-30,37-46,50-52,54-62,91H,20-21,25-28,31-36,77H2,1-19H3,(H,78,95)(H,79,96)(H,80,97)(H,81,92)(H,82,100)(H,83,102)(H,84,99)(H,85,93)(H,86,94)(H,87,103)(H,88,98)(H,89,101)/b49-22-/t43-,44-,45-,46+,50+,51+,52-,54-,55-,56+,57-,58+,59-,60-,61+,62-/m1/s1. The van der Waals surface area contributed by atoms with E-state index in [4.69, 9.17) is 22.1 Å². The van der Waals surface area contributed by atoms with Crippen molar-refractivity contribution in [2.24, 2.45) is 53.1 Å². The summed E-state index contributed by atoms with van der Waals surface area (Å²) in [5, 5.41) is 43.3. The molecule has 2 fully saturated rings. The van der Waals surface area contributed by atoms with Crippen LogP contribution in [-0.4, -0.2) is 191 Å². The smallest absolute Gasteiger partial charge is 0.329 e. The van der Waals surface area contributed by atoms with Gasteiger partial charge >= 0.3 is 5.97 Å². The van der Waals surface area contributed by atoms with E-state index in [0.717, 1.165) is 6.42 Å². The van der Waals surface area contributed by atoms with Crippen molar-refractivity contribution in [1.82, 2.24) is 68.7 Å². The molecule has 1 aromatic carbocycles. The molecule has 30 nitrogen and oxygen atoms in total. The highest BCUT2D eigenvalue weighted by Crippen LogP contribution is 2.24. The summed E-state index contributed by atoms with van der Waals surface area (Å²) in [6, 6.07) is -10.0. The van der Waals surface area contributed by atoms with Gasteiger partial charge in [0.1, 0.15) is 84.3 Å². The van der Waals surface area contributed by atoms with Gasteiger partial charge in [0.2, 0.25) is 70.9 Å². The summed E-state index contributed by atoms with van der Waals surface area (Å²) >= 11 is 6.53. The van der Waals surface area contributed by atoms with Gasteiger partial charge in [0.15, 0.2) is 0 Å². The Kier molecular flexibility index (Phi) is 38.3. The van der Waals surface area contributed by atoms with Gasteiger partial charge < -0.3 is 84.3 Å². The second-order valence-electron chi connectivity index (χ2n) is 30.3. The Balaban J connectivity index is 2.01.